The normalized spacial score (nSPS) is 24.9. The van der Waals surface area contributed by atoms with Crippen molar-refractivity contribution < 1.29 is 9.18 Å². The van der Waals surface area contributed by atoms with Crippen LogP contribution in [0.1, 0.15) is 25.0 Å². The predicted molar refractivity (Wildman–Crippen MR) is 102 cm³/mol. The van der Waals surface area contributed by atoms with Crippen molar-refractivity contribution in [3.63, 3.8) is 0 Å². The molecule has 1 aromatic heterocycles. The summed E-state index contributed by atoms with van der Waals surface area (Å²) in [4.78, 5) is 32.1. The van der Waals surface area contributed by atoms with E-state index in [1.807, 2.05) is 0 Å². The van der Waals surface area contributed by atoms with Crippen molar-refractivity contribution in [1.29, 1.82) is 0 Å². The second kappa shape index (κ2) is 7.05. The van der Waals surface area contributed by atoms with E-state index < -0.39 is 5.82 Å². The van der Waals surface area contributed by atoms with E-state index in [1.165, 1.54) is 12.1 Å². The molecular formula is C20H25FN4O2. The number of amides is 1. The van der Waals surface area contributed by atoms with Crippen LogP contribution in [-0.4, -0.2) is 59.5 Å². The lowest BCUT2D eigenvalue weighted by molar-refractivity contribution is -0.121. The monoisotopic (exact) mass is 372 g/mol. The maximum atomic E-state index is 13.4. The predicted octanol–water partition coefficient (Wildman–Crippen LogP) is 1.45. The number of hydrogen-bond donors (Lipinski definition) is 2. The zero-order chi connectivity index (χ0) is 19.0. The van der Waals surface area contributed by atoms with Crippen molar-refractivity contribution in [3.8, 4) is 0 Å². The summed E-state index contributed by atoms with van der Waals surface area (Å²) in [6.07, 6.45) is 2.33. The van der Waals surface area contributed by atoms with Gasteiger partial charge in [-0.1, -0.05) is 0 Å². The number of benzene rings is 1. The Morgan fingerprint density at radius 1 is 1.19 bits per heavy atom. The number of aromatic nitrogens is 1. The molecule has 2 N–H and O–H groups in total. The summed E-state index contributed by atoms with van der Waals surface area (Å²) in [5, 5.41) is 3.35. The van der Waals surface area contributed by atoms with Gasteiger partial charge in [0.15, 0.2) is 5.43 Å². The number of halogens is 1. The summed E-state index contributed by atoms with van der Waals surface area (Å²) >= 11 is 0. The molecule has 1 aromatic carbocycles. The number of carbonyl (C=O) groups excluding carboxylic acids is 1. The van der Waals surface area contributed by atoms with E-state index in [0.29, 0.717) is 30.4 Å². The van der Waals surface area contributed by atoms with Crippen LogP contribution in [0.5, 0.6) is 0 Å². The third-order valence-corrected chi connectivity index (χ3v) is 6.05. The summed E-state index contributed by atoms with van der Waals surface area (Å²) in [7, 11) is 2.14. The molecule has 144 valence electrons. The van der Waals surface area contributed by atoms with E-state index in [-0.39, 0.29) is 16.9 Å². The molecule has 6 nitrogen and oxygen atoms in total. The molecule has 0 bridgehead atoms. The van der Waals surface area contributed by atoms with Crippen LogP contribution < -0.4 is 10.7 Å². The minimum Gasteiger partial charge on any atom is -0.357 e. The quantitative estimate of drug-likeness (QED) is 0.837. The van der Waals surface area contributed by atoms with E-state index in [0.717, 1.165) is 38.2 Å². The second-order valence-electron chi connectivity index (χ2n) is 7.81. The Kier molecular flexibility index (Phi) is 4.74. The standard InChI is InChI=1S/C20H25FN4O2/c1-24-8-9-25(13-20(24)5-4-19(27)22-7-6-20)12-15-11-18(26)16-10-14(21)2-3-17(16)23-15/h2-3,10-11H,4-9,12-13H2,1H3,(H,22,27)(H,23,26)/t20-/m1/s1. The molecule has 2 aliphatic rings. The van der Waals surface area contributed by atoms with Gasteiger partial charge in [-0.05, 0) is 38.1 Å². The van der Waals surface area contributed by atoms with Gasteiger partial charge in [0.05, 0.1) is 0 Å². The van der Waals surface area contributed by atoms with Crippen molar-refractivity contribution >= 4 is 16.8 Å². The Bertz CT molecular complexity index is 928. The van der Waals surface area contributed by atoms with E-state index in [1.54, 1.807) is 12.1 Å². The first-order valence-electron chi connectivity index (χ1n) is 9.47. The van der Waals surface area contributed by atoms with Gasteiger partial charge < -0.3 is 10.3 Å². The van der Waals surface area contributed by atoms with Crippen LogP contribution in [0.15, 0.2) is 29.1 Å². The number of nitrogens with zero attached hydrogens (tertiary/aromatic N) is 2. The number of nitrogens with one attached hydrogen (secondary N) is 2. The van der Waals surface area contributed by atoms with Crippen LogP contribution in [0.3, 0.4) is 0 Å². The molecular weight excluding hydrogens is 347 g/mol. The molecule has 1 atom stereocenters. The van der Waals surface area contributed by atoms with E-state index >= 15 is 0 Å². The minimum atomic E-state index is -0.404. The Balaban J connectivity index is 1.56. The van der Waals surface area contributed by atoms with Crippen molar-refractivity contribution in [2.45, 2.75) is 31.3 Å². The zero-order valence-electron chi connectivity index (χ0n) is 15.6. The fraction of sp³-hybridized carbons (Fsp3) is 0.500. The molecule has 3 heterocycles. The lowest BCUT2D eigenvalue weighted by Crippen LogP contribution is -2.60. The van der Waals surface area contributed by atoms with Crippen molar-refractivity contribution in [2.75, 3.05) is 33.2 Å². The number of hydrogen-bond acceptors (Lipinski definition) is 4. The molecule has 2 saturated heterocycles. The zero-order valence-corrected chi connectivity index (χ0v) is 15.6. The highest BCUT2D eigenvalue weighted by atomic mass is 19.1. The topological polar surface area (TPSA) is 68.4 Å². The maximum absolute atomic E-state index is 13.4. The Hall–Kier alpha value is -2.25. The fourth-order valence-corrected chi connectivity index (χ4v) is 4.41. The molecule has 2 aromatic rings. The summed E-state index contributed by atoms with van der Waals surface area (Å²) in [5.74, 6) is -0.276. The van der Waals surface area contributed by atoms with Gasteiger partial charge in [-0.3, -0.25) is 19.4 Å². The van der Waals surface area contributed by atoms with E-state index in [9.17, 15) is 14.0 Å². The minimum absolute atomic E-state index is 0.0162. The van der Waals surface area contributed by atoms with Crippen LogP contribution in [0.2, 0.25) is 0 Å². The average Bonchev–Trinajstić information content (AvgIpc) is 2.81. The van der Waals surface area contributed by atoms with Crippen LogP contribution in [0.25, 0.3) is 10.9 Å². The largest absolute Gasteiger partial charge is 0.357 e. The number of fused-ring (bicyclic) bond motifs is 1. The molecule has 1 amide bonds. The third-order valence-electron chi connectivity index (χ3n) is 6.05. The van der Waals surface area contributed by atoms with Gasteiger partial charge >= 0.3 is 0 Å². The molecule has 2 fully saturated rings. The lowest BCUT2D eigenvalue weighted by Gasteiger charge is -2.49. The van der Waals surface area contributed by atoms with Crippen LogP contribution in [-0.2, 0) is 11.3 Å². The summed E-state index contributed by atoms with van der Waals surface area (Å²) in [6.45, 7) is 4.04. The highest BCUT2D eigenvalue weighted by Gasteiger charge is 2.40. The highest BCUT2D eigenvalue weighted by molar-refractivity contribution is 5.78. The first-order valence-corrected chi connectivity index (χ1v) is 9.47. The number of rotatable bonds is 2. The van der Waals surface area contributed by atoms with Gasteiger partial charge in [-0.2, -0.15) is 0 Å². The number of carbonyl (C=O) groups is 1. The summed E-state index contributed by atoms with van der Waals surface area (Å²) < 4.78 is 13.4. The van der Waals surface area contributed by atoms with Gasteiger partial charge in [-0.25, -0.2) is 4.39 Å². The van der Waals surface area contributed by atoms with Crippen LogP contribution >= 0.6 is 0 Å². The highest BCUT2D eigenvalue weighted by Crippen LogP contribution is 2.30. The van der Waals surface area contributed by atoms with Crippen LogP contribution in [0.4, 0.5) is 4.39 Å². The van der Waals surface area contributed by atoms with Gasteiger partial charge in [0.25, 0.3) is 0 Å². The molecule has 1 spiro atoms. The first-order chi connectivity index (χ1) is 12.9. The number of likely N-dealkylation sites (N-methyl/N-ethyl adjacent to an activating group) is 1. The molecule has 4 rings (SSSR count). The van der Waals surface area contributed by atoms with E-state index in [4.69, 9.17) is 0 Å². The first kappa shape index (κ1) is 18.1. The Morgan fingerprint density at radius 3 is 2.89 bits per heavy atom. The van der Waals surface area contributed by atoms with Gasteiger partial charge in [0, 0.05) is 67.3 Å². The molecule has 0 saturated carbocycles. The fourth-order valence-electron chi connectivity index (χ4n) is 4.41. The number of H-pyrrole nitrogens is 1. The lowest BCUT2D eigenvalue weighted by atomic mass is 9.86. The molecule has 0 radical (unpaired) electrons. The molecule has 27 heavy (non-hydrogen) atoms. The average molecular weight is 372 g/mol. The maximum Gasteiger partial charge on any atom is 0.220 e. The number of pyridine rings is 1. The van der Waals surface area contributed by atoms with E-state index in [2.05, 4.69) is 27.1 Å². The third kappa shape index (κ3) is 3.61. The summed E-state index contributed by atoms with van der Waals surface area (Å²) in [6, 6.07) is 5.83. The van der Waals surface area contributed by atoms with Crippen molar-refractivity contribution in [2.24, 2.45) is 0 Å². The molecule has 0 unspecified atom stereocenters. The molecule has 2 aliphatic heterocycles. The Labute approximate surface area is 157 Å². The van der Waals surface area contributed by atoms with Gasteiger partial charge in [-0.15, -0.1) is 0 Å². The van der Waals surface area contributed by atoms with Crippen LogP contribution in [0, 0.1) is 5.82 Å². The smallest absolute Gasteiger partial charge is 0.220 e. The molecule has 7 heteroatoms. The van der Waals surface area contributed by atoms with Gasteiger partial charge in [0.2, 0.25) is 5.91 Å². The second-order valence-corrected chi connectivity index (χ2v) is 7.81. The SMILES string of the molecule is CN1CCN(Cc2cc(=O)c3cc(F)ccc3[nH]2)C[C@@]12CCNC(=O)CC2. The van der Waals surface area contributed by atoms with Gasteiger partial charge in [0.1, 0.15) is 5.82 Å². The number of piperazine rings is 1. The molecule has 0 aliphatic carbocycles. The summed E-state index contributed by atoms with van der Waals surface area (Å²) in [5.41, 5.74) is 1.32. The number of aromatic amines is 1. The Morgan fingerprint density at radius 2 is 2.04 bits per heavy atom. The van der Waals surface area contributed by atoms with Crippen molar-refractivity contribution in [3.05, 3.63) is 46.0 Å². The van der Waals surface area contributed by atoms with Crippen molar-refractivity contribution in [1.82, 2.24) is 20.1 Å².